The number of ether oxygens (including phenoxy) is 2. The molecule has 0 unspecified atom stereocenters. The van der Waals surface area contributed by atoms with Gasteiger partial charge in [-0.3, -0.25) is 0 Å². The molecule has 0 aliphatic heterocycles. The smallest absolute Gasteiger partial charge is 0.174 e. The molecule has 150 valence electrons. The predicted octanol–water partition coefficient (Wildman–Crippen LogP) is 6.31. The lowest BCUT2D eigenvalue weighted by molar-refractivity contribution is 0.282. The Hall–Kier alpha value is -1.96. The second-order valence-corrected chi connectivity index (χ2v) is 8.20. The molecule has 0 heterocycles. The van der Waals surface area contributed by atoms with Gasteiger partial charge in [0, 0.05) is 10.0 Å². The lowest BCUT2D eigenvalue weighted by Gasteiger charge is -2.13. The molecule has 0 atom stereocenters. The van der Waals surface area contributed by atoms with Crippen molar-refractivity contribution in [3.05, 3.63) is 91.0 Å². The number of hydrogen-bond donors (Lipinski definition) is 1. The second kappa shape index (κ2) is 10.7. The fraction of sp³-hybridized carbons (Fsp3) is 0.136. The molecule has 0 aliphatic rings. The van der Waals surface area contributed by atoms with Crippen molar-refractivity contribution in [3.63, 3.8) is 0 Å². The van der Waals surface area contributed by atoms with E-state index in [1.54, 1.807) is 13.3 Å². The van der Waals surface area contributed by atoms with Crippen LogP contribution in [0.15, 0.2) is 65.8 Å². The summed E-state index contributed by atoms with van der Waals surface area (Å²) in [5, 5.41) is 5.71. The van der Waals surface area contributed by atoms with Crippen LogP contribution < -0.4 is 14.9 Å². The van der Waals surface area contributed by atoms with Crippen LogP contribution in [0.3, 0.4) is 0 Å². The van der Waals surface area contributed by atoms with Crippen LogP contribution in [0.25, 0.3) is 0 Å². The minimum Gasteiger partial charge on any atom is -0.493 e. The number of rotatable bonds is 8. The van der Waals surface area contributed by atoms with Gasteiger partial charge in [0.2, 0.25) is 0 Å². The van der Waals surface area contributed by atoms with E-state index in [-0.39, 0.29) is 0 Å². The molecule has 0 spiro atoms. The second-order valence-electron chi connectivity index (χ2n) is 6.17. The first-order valence-corrected chi connectivity index (χ1v) is 10.6. The van der Waals surface area contributed by atoms with Crippen molar-refractivity contribution in [2.45, 2.75) is 13.2 Å². The zero-order valence-electron chi connectivity index (χ0n) is 15.7. The van der Waals surface area contributed by atoms with E-state index in [0.717, 1.165) is 25.3 Å². The Bertz CT molecular complexity index is 977. The summed E-state index contributed by atoms with van der Waals surface area (Å²) in [5.41, 5.74) is 6.08. The minimum atomic E-state index is 0.430. The van der Waals surface area contributed by atoms with Crippen LogP contribution in [-0.2, 0) is 13.2 Å². The van der Waals surface area contributed by atoms with Gasteiger partial charge < -0.3 is 14.9 Å². The zero-order chi connectivity index (χ0) is 20.6. The molecule has 0 amide bonds. The lowest BCUT2D eigenvalue weighted by Crippen LogP contribution is -2.05. The van der Waals surface area contributed by atoms with Crippen LogP contribution in [-0.4, -0.2) is 13.3 Å². The molecule has 29 heavy (non-hydrogen) atoms. The van der Waals surface area contributed by atoms with Crippen molar-refractivity contribution in [1.82, 2.24) is 5.43 Å². The van der Waals surface area contributed by atoms with Crippen molar-refractivity contribution in [1.29, 1.82) is 0 Å². The van der Waals surface area contributed by atoms with Gasteiger partial charge in [-0.1, -0.05) is 47.5 Å². The normalized spacial score (nSPS) is 10.9. The van der Waals surface area contributed by atoms with Crippen LogP contribution in [0.2, 0.25) is 10.0 Å². The van der Waals surface area contributed by atoms with Gasteiger partial charge in [-0.2, -0.15) is 5.10 Å². The number of hydrazone groups is 1. The fourth-order valence-corrected chi connectivity index (χ4v) is 3.58. The molecular formula is C22H19Cl2IN2O2. The summed E-state index contributed by atoms with van der Waals surface area (Å²) in [6, 6.07) is 19.1. The van der Waals surface area contributed by atoms with E-state index in [1.165, 1.54) is 0 Å². The Morgan fingerprint density at radius 3 is 2.21 bits per heavy atom. The number of methoxy groups -OCH3 is 1. The molecule has 0 aliphatic carbocycles. The zero-order valence-corrected chi connectivity index (χ0v) is 19.3. The largest absolute Gasteiger partial charge is 0.493 e. The number of halogens is 3. The molecule has 3 rings (SSSR count). The molecular weight excluding hydrogens is 522 g/mol. The molecule has 3 aromatic rings. The SMILES string of the molecule is COc1cc(/C=N\NCc2ccc(Cl)cc2)cc(I)c1OCc1ccc(Cl)cc1. The molecule has 3 aromatic carbocycles. The topological polar surface area (TPSA) is 42.8 Å². The van der Waals surface area contributed by atoms with Crippen molar-refractivity contribution >= 4 is 52.0 Å². The highest BCUT2D eigenvalue weighted by Crippen LogP contribution is 2.34. The van der Waals surface area contributed by atoms with E-state index in [4.69, 9.17) is 32.7 Å². The van der Waals surface area contributed by atoms with Crippen molar-refractivity contribution < 1.29 is 9.47 Å². The summed E-state index contributed by atoms with van der Waals surface area (Å²) in [4.78, 5) is 0. The Balaban J connectivity index is 1.63. The van der Waals surface area contributed by atoms with Crippen LogP contribution >= 0.6 is 45.8 Å². The number of nitrogens with zero attached hydrogens (tertiary/aromatic N) is 1. The molecule has 0 bridgehead atoms. The molecule has 0 radical (unpaired) electrons. The first-order valence-electron chi connectivity index (χ1n) is 8.80. The fourth-order valence-electron chi connectivity index (χ4n) is 2.55. The molecule has 1 N–H and O–H groups in total. The quantitative estimate of drug-likeness (QED) is 0.207. The standard InChI is InChI=1S/C22H19Cl2IN2O2/c1-28-21-11-17(13-27-26-12-15-2-6-18(23)7-3-15)10-20(25)22(21)29-14-16-4-8-19(24)9-5-16/h2-11,13,26H,12,14H2,1H3/b27-13-. The van der Waals surface area contributed by atoms with E-state index in [0.29, 0.717) is 29.7 Å². The molecule has 0 aromatic heterocycles. The van der Waals surface area contributed by atoms with Crippen molar-refractivity contribution in [3.8, 4) is 11.5 Å². The average molecular weight is 541 g/mol. The van der Waals surface area contributed by atoms with E-state index in [1.807, 2.05) is 60.7 Å². The third kappa shape index (κ3) is 6.52. The Labute approximate surface area is 194 Å². The predicted molar refractivity (Wildman–Crippen MR) is 127 cm³/mol. The number of hydrogen-bond acceptors (Lipinski definition) is 4. The van der Waals surface area contributed by atoms with Crippen LogP contribution in [0.1, 0.15) is 16.7 Å². The number of nitrogens with one attached hydrogen (secondary N) is 1. The Morgan fingerprint density at radius 1 is 0.966 bits per heavy atom. The van der Waals surface area contributed by atoms with Gasteiger partial charge in [0.25, 0.3) is 0 Å². The molecule has 0 saturated carbocycles. The summed E-state index contributed by atoms with van der Waals surface area (Å²) in [5.74, 6) is 1.36. The van der Waals surface area contributed by atoms with E-state index >= 15 is 0 Å². The highest BCUT2D eigenvalue weighted by molar-refractivity contribution is 14.1. The van der Waals surface area contributed by atoms with Crippen LogP contribution in [0, 0.1) is 3.57 Å². The monoisotopic (exact) mass is 540 g/mol. The summed E-state index contributed by atoms with van der Waals surface area (Å²) < 4.78 is 12.4. The molecule has 7 heteroatoms. The third-order valence-corrected chi connectivity index (χ3v) is 5.35. The first-order chi connectivity index (χ1) is 14.0. The summed E-state index contributed by atoms with van der Waals surface area (Å²) in [6.45, 7) is 1.05. The van der Waals surface area contributed by atoms with Crippen LogP contribution in [0.5, 0.6) is 11.5 Å². The van der Waals surface area contributed by atoms with Gasteiger partial charge in [0.05, 0.1) is 23.4 Å². The highest BCUT2D eigenvalue weighted by atomic mass is 127. The van der Waals surface area contributed by atoms with Crippen molar-refractivity contribution in [2.75, 3.05) is 7.11 Å². The van der Waals surface area contributed by atoms with Gasteiger partial charge in [0.1, 0.15) is 6.61 Å². The lowest BCUT2D eigenvalue weighted by atomic mass is 10.2. The third-order valence-electron chi connectivity index (χ3n) is 4.05. The summed E-state index contributed by atoms with van der Waals surface area (Å²) in [7, 11) is 1.63. The van der Waals surface area contributed by atoms with Gasteiger partial charge in [0.15, 0.2) is 11.5 Å². The minimum absolute atomic E-state index is 0.430. The molecule has 4 nitrogen and oxygen atoms in total. The average Bonchev–Trinajstić information content (AvgIpc) is 2.72. The van der Waals surface area contributed by atoms with E-state index in [9.17, 15) is 0 Å². The molecule has 0 fully saturated rings. The summed E-state index contributed by atoms with van der Waals surface area (Å²) >= 11 is 14.1. The highest BCUT2D eigenvalue weighted by Gasteiger charge is 2.11. The van der Waals surface area contributed by atoms with Crippen molar-refractivity contribution in [2.24, 2.45) is 5.10 Å². The maximum atomic E-state index is 5.99. The molecule has 0 saturated heterocycles. The maximum Gasteiger partial charge on any atom is 0.174 e. The van der Waals surface area contributed by atoms with Gasteiger partial charge in [-0.25, -0.2) is 0 Å². The number of benzene rings is 3. The Kier molecular flexibility index (Phi) is 8.03. The first kappa shape index (κ1) is 21.7. The maximum absolute atomic E-state index is 5.99. The van der Waals surface area contributed by atoms with Gasteiger partial charge in [-0.15, -0.1) is 0 Å². The van der Waals surface area contributed by atoms with Gasteiger partial charge in [-0.05, 0) is 75.7 Å². The van der Waals surface area contributed by atoms with E-state index in [2.05, 4.69) is 33.1 Å². The Morgan fingerprint density at radius 2 is 1.59 bits per heavy atom. The van der Waals surface area contributed by atoms with Gasteiger partial charge >= 0.3 is 0 Å². The van der Waals surface area contributed by atoms with Crippen LogP contribution in [0.4, 0.5) is 0 Å². The van der Waals surface area contributed by atoms with E-state index < -0.39 is 0 Å². The summed E-state index contributed by atoms with van der Waals surface area (Å²) in [6.07, 6.45) is 1.75.